The molecule has 9 heteroatoms. The summed E-state index contributed by atoms with van der Waals surface area (Å²) >= 11 is 0. The predicted octanol–water partition coefficient (Wildman–Crippen LogP) is 5.59. The van der Waals surface area contributed by atoms with Crippen LogP contribution in [0.2, 0.25) is 0 Å². The van der Waals surface area contributed by atoms with Gasteiger partial charge in [-0.1, -0.05) is 71.4 Å². The van der Waals surface area contributed by atoms with E-state index in [1.165, 1.54) is 28.7 Å². The predicted molar refractivity (Wildman–Crippen MR) is 157 cm³/mol. The van der Waals surface area contributed by atoms with Crippen molar-refractivity contribution in [3.05, 3.63) is 120 Å². The summed E-state index contributed by atoms with van der Waals surface area (Å²) in [4.78, 5) is 7.25. The highest BCUT2D eigenvalue weighted by Gasteiger charge is 2.45. The zero-order valence-electron chi connectivity index (χ0n) is 22.4. The Morgan fingerprint density at radius 2 is 1.32 bits per heavy atom. The quantitative estimate of drug-likeness (QED) is 0.290. The van der Waals surface area contributed by atoms with Crippen LogP contribution in [-0.4, -0.2) is 36.9 Å². The summed E-state index contributed by atoms with van der Waals surface area (Å²) in [5.74, 6) is 0. The average Bonchev–Trinajstić information content (AvgIpc) is 3.49. The first-order valence-corrected chi connectivity index (χ1v) is 14.6. The molecule has 4 aromatic carbocycles. The van der Waals surface area contributed by atoms with Gasteiger partial charge in [-0.05, 0) is 43.3 Å². The van der Waals surface area contributed by atoms with Crippen molar-refractivity contribution >= 4 is 27.1 Å². The SMILES string of the molecule is Cc1ccc(S(=O)(=O)n2cc(-c3cccc(N4C5c6ccccc6N(C)C4c4ccccc4N5C)c3)nn2)cc1. The minimum atomic E-state index is -3.85. The molecule has 0 aliphatic carbocycles. The fraction of sp³-hybridized carbons (Fsp3) is 0.161. The smallest absolute Gasteiger partial charge is 0.284 e. The molecular weight excluding hydrogens is 520 g/mol. The number of aromatic nitrogens is 3. The topological polar surface area (TPSA) is 74.6 Å². The Hall–Kier alpha value is -4.63. The molecule has 0 N–H and O–H groups in total. The summed E-state index contributed by atoms with van der Waals surface area (Å²) in [5, 5.41) is 8.25. The second-order valence-electron chi connectivity index (χ2n) is 10.3. The molecule has 8 nitrogen and oxygen atoms in total. The first-order chi connectivity index (χ1) is 19.3. The minimum Gasteiger partial charge on any atom is -0.350 e. The molecule has 40 heavy (non-hydrogen) atoms. The lowest BCUT2D eigenvalue weighted by Crippen LogP contribution is -2.55. The second kappa shape index (κ2) is 8.96. The van der Waals surface area contributed by atoms with Crippen LogP contribution in [-0.2, 0) is 10.0 Å². The Morgan fingerprint density at radius 1 is 0.725 bits per heavy atom. The second-order valence-corrected chi connectivity index (χ2v) is 12.1. The molecule has 2 atom stereocenters. The largest absolute Gasteiger partial charge is 0.350 e. The Bertz CT molecular complexity index is 1790. The molecule has 2 bridgehead atoms. The van der Waals surface area contributed by atoms with Gasteiger partial charge in [-0.2, -0.15) is 8.42 Å². The van der Waals surface area contributed by atoms with Gasteiger partial charge in [0.15, 0.2) is 0 Å². The molecular formula is C31H28N6O2S. The van der Waals surface area contributed by atoms with Crippen LogP contribution in [0.1, 0.15) is 29.0 Å². The van der Waals surface area contributed by atoms with Crippen molar-refractivity contribution in [3.63, 3.8) is 0 Å². The van der Waals surface area contributed by atoms with Crippen LogP contribution < -0.4 is 14.7 Å². The molecule has 1 aromatic heterocycles. The van der Waals surface area contributed by atoms with Gasteiger partial charge in [0, 0.05) is 47.8 Å². The zero-order valence-corrected chi connectivity index (χ0v) is 23.2. The Labute approximate surface area is 233 Å². The van der Waals surface area contributed by atoms with E-state index in [1.54, 1.807) is 24.3 Å². The molecule has 2 unspecified atom stereocenters. The molecule has 2 aliphatic heterocycles. The van der Waals surface area contributed by atoms with Crippen LogP contribution in [0.25, 0.3) is 11.3 Å². The van der Waals surface area contributed by atoms with E-state index < -0.39 is 10.0 Å². The maximum absolute atomic E-state index is 13.2. The highest BCUT2D eigenvalue weighted by Crippen LogP contribution is 2.53. The standard InChI is InChI=1S/C31H28N6O2S/c1-21-15-17-24(18-16-21)40(38,39)36-20-27(32-33-36)22-9-8-10-23(19-22)37-30-26-12-5-7-14-29(26)35(3)31(37)25-11-4-6-13-28(25)34(30)2/h4-20,30-31H,1-3H3. The summed E-state index contributed by atoms with van der Waals surface area (Å²) in [6.45, 7) is 1.92. The van der Waals surface area contributed by atoms with Gasteiger partial charge < -0.3 is 14.7 Å². The minimum absolute atomic E-state index is 0.0276. The number of hydrogen-bond donors (Lipinski definition) is 0. The lowest BCUT2D eigenvalue weighted by molar-refractivity contribution is 0.464. The molecule has 2 aliphatic rings. The van der Waals surface area contributed by atoms with E-state index in [-0.39, 0.29) is 17.2 Å². The Balaban J connectivity index is 1.32. The Morgan fingerprint density at radius 3 is 1.95 bits per heavy atom. The first-order valence-electron chi connectivity index (χ1n) is 13.1. The van der Waals surface area contributed by atoms with Crippen molar-refractivity contribution in [1.29, 1.82) is 0 Å². The van der Waals surface area contributed by atoms with E-state index in [0.29, 0.717) is 5.69 Å². The van der Waals surface area contributed by atoms with Gasteiger partial charge >= 0.3 is 0 Å². The summed E-state index contributed by atoms with van der Waals surface area (Å²) in [7, 11) is 0.430. The van der Waals surface area contributed by atoms with E-state index in [0.717, 1.165) is 20.9 Å². The van der Waals surface area contributed by atoms with Gasteiger partial charge in [0.1, 0.15) is 18.0 Å². The summed E-state index contributed by atoms with van der Waals surface area (Å²) in [5.41, 5.74) is 8.12. The number of fused-ring (bicyclic) bond motifs is 6. The van der Waals surface area contributed by atoms with Crippen LogP contribution in [0.15, 0.2) is 108 Å². The van der Waals surface area contributed by atoms with Gasteiger partial charge in [0.25, 0.3) is 10.0 Å². The highest BCUT2D eigenvalue weighted by atomic mass is 32.2. The molecule has 3 heterocycles. The van der Waals surface area contributed by atoms with Crippen molar-refractivity contribution in [2.45, 2.75) is 24.2 Å². The van der Waals surface area contributed by atoms with E-state index in [1.807, 2.05) is 19.1 Å². The van der Waals surface area contributed by atoms with E-state index >= 15 is 0 Å². The highest BCUT2D eigenvalue weighted by molar-refractivity contribution is 7.89. The number of anilines is 3. The molecule has 5 aromatic rings. The van der Waals surface area contributed by atoms with Gasteiger partial charge in [-0.3, -0.25) is 0 Å². The number of benzene rings is 4. The van der Waals surface area contributed by atoms with Crippen LogP contribution in [0.3, 0.4) is 0 Å². The molecule has 0 saturated heterocycles. The lowest BCUT2D eigenvalue weighted by atomic mass is 9.92. The fourth-order valence-corrected chi connectivity index (χ4v) is 7.03. The van der Waals surface area contributed by atoms with Gasteiger partial charge in [0.2, 0.25) is 0 Å². The molecule has 7 rings (SSSR count). The van der Waals surface area contributed by atoms with Crippen LogP contribution in [0.5, 0.6) is 0 Å². The van der Waals surface area contributed by atoms with Gasteiger partial charge in [0.05, 0.1) is 11.1 Å². The monoisotopic (exact) mass is 548 g/mol. The summed E-state index contributed by atoms with van der Waals surface area (Å²) in [6, 6.07) is 31.9. The Kier molecular flexibility index (Phi) is 5.47. The van der Waals surface area contributed by atoms with Gasteiger partial charge in [-0.25, -0.2) is 0 Å². The number of aryl methyl sites for hydroxylation is 1. The fourth-order valence-electron chi connectivity index (χ4n) is 5.97. The van der Waals surface area contributed by atoms with Crippen molar-refractivity contribution in [2.24, 2.45) is 0 Å². The number of nitrogens with zero attached hydrogens (tertiary/aromatic N) is 6. The van der Waals surface area contributed by atoms with E-state index in [9.17, 15) is 8.42 Å². The zero-order chi connectivity index (χ0) is 27.6. The third-order valence-corrected chi connectivity index (χ3v) is 9.47. The number of para-hydroxylation sites is 2. The number of rotatable bonds is 4. The normalized spacial score (nSPS) is 17.9. The van der Waals surface area contributed by atoms with Crippen molar-refractivity contribution < 1.29 is 8.42 Å². The maximum Gasteiger partial charge on any atom is 0.284 e. The van der Waals surface area contributed by atoms with E-state index in [4.69, 9.17) is 0 Å². The van der Waals surface area contributed by atoms with E-state index in [2.05, 4.69) is 99.8 Å². The average molecular weight is 549 g/mol. The lowest BCUT2D eigenvalue weighted by Gasteiger charge is -2.57. The maximum atomic E-state index is 13.2. The first kappa shape index (κ1) is 24.4. The van der Waals surface area contributed by atoms with Crippen LogP contribution >= 0.6 is 0 Å². The number of hydrogen-bond acceptors (Lipinski definition) is 7. The molecule has 0 amide bonds. The summed E-state index contributed by atoms with van der Waals surface area (Å²) < 4.78 is 27.3. The third kappa shape index (κ3) is 3.61. The van der Waals surface area contributed by atoms with Gasteiger partial charge in [-0.15, -0.1) is 9.19 Å². The molecule has 0 spiro atoms. The van der Waals surface area contributed by atoms with Crippen LogP contribution in [0.4, 0.5) is 17.1 Å². The van der Waals surface area contributed by atoms with Crippen molar-refractivity contribution in [2.75, 3.05) is 28.8 Å². The third-order valence-electron chi connectivity index (χ3n) is 7.93. The molecule has 0 fully saturated rings. The molecule has 0 saturated carbocycles. The van der Waals surface area contributed by atoms with Crippen LogP contribution in [0, 0.1) is 6.92 Å². The molecule has 0 radical (unpaired) electrons. The van der Waals surface area contributed by atoms with Crippen molar-refractivity contribution in [3.8, 4) is 11.3 Å². The molecule has 200 valence electrons. The summed E-state index contributed by atoms with van der Waals surface area (Å²) in [6.07, 6.45) is 1.43. The van der Waals surface area contributed by atoms with Crippen molar-refractivity contribution in [1.82, 2.24) is 14.4 Å².